The Bertz CT molecular complexity index is 463. The van der Waals surface area contributed by atoms with Crippen molar-refractivity contribution < 1.29 is 0 Å². The summed E-state index contributed by atoms with van der Waals surface area (Å²) in [7, 11) is 0. The monoisotopic (exact) mass is 231 g/mol. The summed E-state index contributed by atoms with van der Waals surface area (Å²) in [4.78, 5) is 10.3. The van der Waals surface area contributed by atoms with Crippen LogP contribution < -0.4 is 21.9 Å². The van der Waals surface area contributed by atoms with E-state index in [9.17, 15) is 4.91 Å². The van der Waals surface area contributed by atoms with E-state index >= 15 is 0 Å². The van der Waals surface area contributed by atoms with Crippen LogP contribution in [0.4, 0.5) is 11.4 Å². The molecule has 17 heavy (non-hydrogen) atoms. The molecule has 0 fully saturated rings. The maximum absolute atomic E-state index is 10.3. The Kier molecular flexibility index (Phi) is 3.37. The second kappa shape index (κ2) is 5.13. The Hall–Kier alpha value is -2.34. The molecule has 0 atom stereocenters. The van der Waals surface area contributed by atoms with Crippen molar-refractivity contribution in [3.8, 4) is 0 Å². The van der Waals surface area contributed by atoms with Crippen LogP contribution >= 0.6 is 0 Å². The highest BCUT2D eigenvalue weighted by molar-refractivity contribution is 5.54. The van der Waals surface area contributed by atoms with Gasteiger partial charge in [-0.25, -0.2) is 0 Å². The summed E-state index contributed by atoms with van der Waals surface area (Å²) in [6.07, 6.45) is 3.85. The van der Waals surface area contributed by atoms with E-state index in [-0.39, 0.29) is 0 Å². The minimum atomic E-state index is 0.401. The van der Waals surface area contributed by atoms with Gasteiger partial charge in [-0.05, 0) is 35.5 Å². The standard InChI is InChI=1S/C11H13N5O/c12-15-10-2-1-7-13-11(10)14-8-3-5-9(16-17)6-4-8/h1-6,13-15H,7,12H2. The van der Waals surface area contributed by atoms with E-state index < -0.39 is 0 Å². The lowest BCUT2D eigenvalue weighted by molar-refractivity contribution is 0.807. The van der Waals surface area contributed by atoms with Crippen LogP contribution in [0.25, 0.3) is 0 Å². The fourth-order valence-corrected chi connectivity index (χ4v) is 1.50. The molecule has 1 aromatic rings. The van der Waals surface area contributed by atoms with Gasteiger partial charge in [0, 0.05) is 12.2 Å². The average Bonchev–Trinajstić information content (AvgIpc) is 2.40. The van der Waals surface area contributed by atoms with Crippen molar-refractivity contribution in [3.63, 3.8) is 0 Å². The molecule has 6 heteroatoms. The zero-order chi connectivity index (χ0) is 12.1. The van der Waals surface area contributed by atoms with Gasteiger partial charge in [0.05, 0.1) is 5.70 Å². The maximum atomic E-state index is 10.3. The second-order valence-electron chi connectivity index (χ2n) is 3.48. The lowest BCUT2D eigenvalue weighted by atomic mass is 10.2. The van der Waals surface area contributed by atoms with Gasteiger partial charge in [-0.3, -0.25) is 5.84 Å². The van der Waals surface area contributed by atoms with E-state index in [2.05, 4.69) is 21.2 Å². The van der Waals surface area contributed by atoms with Crippen molar-refractivity contribution in [1.82, 2.24) is 10.7 Å². The van der Waals surface area contributed by atoms with Gasteiger partial charge in [0.2, 0.25) is 0 Å². The van der Waals surface area contributed by atoms with E-state index in [1.165, 1.54) is 0 Å². The molecule has 0 aromatic heterocycles. The topological polar surface area (TPSA) is 91.5 Å². The van der Waals surface area contributed by atoms with Gasteiger partial charge >= 0.3 is 0 Å². The molecule has 0 bridgehead atoms. The summed E-state index contributed by atoms with van der Waals surface area (Å²) >= 11 is 0. The maximum Gasteiger partial charge on any atom is 0.129 e. The smallest absolute Gasteiger partial charge is 0.129 e. The highest BCUT2D eigenvalue weighted by Gasteiger charge is 2.06. The molecule has 5 N–H and O–H groups in total. The molecule has 88 valence electrons. The predicted octanol–water partition coefficient (Wildman–Crippen LogP) is 1.29. The minimum Gasteiger partial charge on any atom is -0.366 e. The normalized spacial score (nSPS) is 14.2. The van der Waals surface area contributed by atoms with Crippen LogP contribution in [-0.4, -0.2) is 6.54 Å². The lowest BCUT2D eigenvalue weighted by Crippen LogP contribution is -2.32. The number of benzene rings is 1. The van der Waals surface area contributed by atoms with Crippen LogP contribution in [-0.2, 0) is 0 Å². The third kappa shape index (κ3) is 2.61. The van der Waals surface area contributed by atoms with Gasteiger partial charge in [0.15, 0.2) is 0 Å². The van der Waals surface area contributed by atoms with Crippen LogP contribution in [0.15, 0.2) is 53.1 Å². The number of nitrogens with zero attached hydrogens (tertiary/aromatic N) is 1. The van der Waals surface area contributed by atoms with Gasteiger partial charge < -0.3 is 16.1 Å². The summed E-state index contributed by atoms with van der Waals surface area (Å²) in [5.74, 6) is 6.19. The number of rotatable bonds is 4. The molecule has 2 rings (SSSR count). The number of hydrogen-bond donors (Lipinski definition) is 4. The van der Waals surface area contributed by atoms with E-state index in [1.54, 1.807) is 24.3 Å². The van der Waals surface area contributed by atoms with Crippen molar-refractivity contribution in [2.75, 3.05) is 11.9 Å². The molecule has 0 saturated carbocycles. The van der Waals surface area contributed by atoms with E-state index in [1.807, 2.05) is 12.2 Å². The summed E-state index contributed by atoms with van der Waals surface area (Å²) in [5.41, 5.74) is 4.62. The highest BCUT2D eigenvalue weighted by atomic mass is 16.3. The van der Waals surface area contributed by atoms with Crippen LogP contribution in [0.1, 0.15) is 0 Å². The van der Waals surface area contributed by atoms with Crippen molar-refractivity contribution in [1.29, 1.82) is 0 Å². The molecule has 1 aliphatic rings. The summed E-state index contributed by atoms with van der Waals surface area (Å²) in [6.45, 7) is 0.738. The average molecular weight is 231 g/mol. The number of allylic oxidation sites excluding steroid dienone is 1. The number of nitrogens with two attached hydrogens (primary N) is 1. The summed E-state index contributed by atoms with van der Waals surface area (Å²) < 4.78 is 0. The van der Waals surface area contributed by atoms with Crippen LogP contribution in [0.2, 0.25) is 0 Å². The zero-order valence-electron chi connectivity index (χ0n) is 9.10. The van der Waals surface area contributed by atoms with Gasteiger partial charge in [0.1, 0.15) is 11.5 Å². The van der Waals surface area contributed by atoms with E-state index in [0.29, 0.717) is 5.69 Å². The van der Waals surface area contributed by atoms with Crippen molar-refractivity contribution in [3.05, 3.63) is 52.8 Å². The molecular formula is C11H13N5O. The quantitative estimate of drug-likeness (QED) is 0.356. The van der Waals surface area contributed by atoms with Crippen molar-refractivity contribution in [2.24, 2.45) is 11.0 Å². The summed E-state index contributed by atoms with van der Waals surface area (Å²) in [5, 5.41) is 9.16. The third-order valence-corrected chi connectivity index (χ3v) is 2.35. The van der Waals surface area contributed by atoms with E-state index in [0.717, 1.165) is 23.8 Å². The SMILES string of the molecule is NNC1=C(Nc2ccc(N=O)cc2)NCC=C1. The van der Waals surface area contributed by atoms with Gasteiger partial charge in [-0.1, -0.05) is 6.08 Å². The number of hydrazine groups is 1. The largest absolute Gasteiger partial charge is 0.366 e. The molecule has 0 saturated heterocycles. The van der Waals surface area contributed by atoms with Gasteiger partial charge in [-0.15, -0.1) is 4.91 Å². The predicted molar refractivity (Wildman–Crippen MR) is 67.0 cm³/mol. The van der Waals surface area contributed by atoms with Gasteiger partial charge in [0.25, 0.3) is 0 Å². The first-order valence-electron chi connectivity index (χ1n) is 5.15. The zero-order valence-corrected chi connectivity index (χ0v) is 9.10. The molecule has 1 aliphatic heterocycles. The van der Waals surface area contributed by atoms with Crippen molar-refractivity contribution in [2.45, 2.75) is 0 Å². The minimum absolute atomic E-state index is 0.401. The van der Waals surface area contributed by atoms with E-state index in [4.69, 9.17) is 5.84 Å². The Morgan fingerprint density at radius 2 is 2.06 bits per heavy atom. The third-order valence-electron chi connectivity index (χ3n) is 2.35. The Morgan fingerprint density at radius 3 is 2.71 bits per heavy atom. The van der Waals surface area contributed by atoms with Crippen LogP contribution in [0.3, 0.4) is 0 Å². The first kappa shape index (κ1) is 11.2. The molecule has 6 nitrogen and oxygen atoms in total. The highest BCUT2D eigenvalue weighted by Crippen LogP contribution is 2.17. The number of dihydropyridines is 1. The molecule has 0 unspecified atom stereocenters. The van der Waals surface area contributed by atoms with Crippen LogP contribution in [0, 0.1) is 4.91 Å². The number of nitroso groups, excluding NO2 is 1. The first-order valence-corrected chi connectivity index (χ1v) is 5.15. The molecule has 0 aliphatic carbocycles. The fourth-order valence-electron chi connectivity index (χ4n) is 1.50. The number of anilines is 1. The molecule has 1 aromatic carbocycles. The Morgan fingerprint density at radius 1 is 1.29 bits per heavy atom. The molecule has 0 spiro atoms. The Labute approximate surface area is 98.5 Å². The number of nitrogens with one attached hydrogen (secondary N) is 3. The second-order valence-corrected chi connectivity index (χ2v) is 3.48. The molecule has 0 amide bonds. The lowest BCUT2D eigenvalue weighted by Gasteiger charge is -2.19. The Balaban J connectivity index is 2.16. The fraction of sp³-hybridized carbons (Fsp3) is 0.0909. The van der Waals surface area contributed by atoms with Crippen molar-refractivity contribution >= 4 is 11.4 Å². The molecule has 1 heterocycles. The molecule has 0 radical (unpaired) electrons. The van der Waals surface area contributed by atoms with Gasteiger partial charge in [-0.2, -0.15) is 0 Å². The first-order chi connectivity index (χ1) is 8.33. The molecular weight excluding hydrogens is 218 g/mol. The number of hydrogen-bond acceptors (Lipinski definition) is 6. The van der Waals surface area contributed by atoms with Crippen LogP contribution in [0.5, 0.6) is 0 Å². The summed E-state index contributed by atoms with van der Waals surface area (Å²) in [6, 6.07) is 6.84.